The SMILES string of the molecule is Cc1ccc(C(c2ccc3c(nnn3C)c2C)C(C)(C)C)cc1Cn1ccnc1CN1C2CCC1CC2. The second-order valence-electron chi connectivity index (χ2n) is 12.5. The van der Waals surface area contributed by atoms with Crippen molar-refractivity contribution < 1.29 is 0 Å². The standard InChI is InChI=1S/C31H40N6/c1-20-7-8-22(29(31(3,4)5)26-13-14-27-30(21(26)2)33-34-35(27)6)17-23(20)18-36-16-15-32-28(36)19-37-24-9-10-25(37)12-11-24/h7-8,13-17,24-25,29H,9-12,18-19H2,1-6H3. The highest BCUT2D eigenvalue weighted by molar-refractivity contribution is 5.79. The van der Waals surface area contributed by atoms with Gasteiger partial charge in [-0.15, -0.1) is 5.10 Å². The first-order valence-corrected chi connectivity index (χ1v) is 13.8. The first kappa shape index (κ1) is 24.4. The van der Waals surface area contributed by atoms with Crippen LogP contribution in [-0.4, -0.2) is 41.5 Å². The van der Waals surface area contributed by atoms with Crippen LogP contribution in [0.15, 0.2) is 42.7 Å². The van der Waals surface area contributed by atoms with E-state index in [9.17, 15) is 0 Å². The van der Waals surface area contributed by atoms with Crippen molar-refractivity contribution in [2.75, 3.05) is 0 Å². The Morgan fingerprint density at radius 3 is 2.41 bits per heavy atom. The van der Waals surface area contributed by atoms with E-state index in [1.165, 1.54) is 59.3 Å². The van der Waals surface area contributed by atoms with Crippen LogP contribution in [0.5, 0.6) is 0 Å². The number of aromatic nitrogens is 5. The molecule has 0 amide bonds. The smallest absolute Gasteiger partial charge is 0.123 e. The van der Waals surface area contributed by atoms with Crippen molar-refractivity contribution in [1.82, 2.24) is 29.4 Å². The Morgan fingerprint density at radius 2 is 1.70 bits per heavy atom. The number of hydrogen-bond acceptors (Lipinski definition) is 4. The van der Waals surface area contributed by atoms with Gasteiger partial charge in [-0.3, -0.25) is 4.90 Å². The molecule has 0 aliphatic carbocycles. The van der Waals surface area contributed by atoms with Crippen molar-refractivity contribution in [3.8, 4) is 0 Å². The summed E-state index contributed by atoms with van der Waals surface area (Å²) in [5.41, 5.74) is 8.75. The van der Waals surface area contributed by atoms with Crippen LogP contribution >= 0.6 is 0 Å². The molecule has 6 rings (SSSR count). The zero-order valence-electron chi connectivity index (χ0n) is 23.2. The van der Waals surface area contributed by atoms with Gasteiger partial charge < -0.3 is 4.57 Å². The van der Waals surface area contributed by atoms with E-state index in [2.05, 4.69) is 90.9 Å². The minimum Gasteiger partial charge on any atom is -0.329 e. The van der Waals surface area contributed by atoms with E-state index in [-0.39, 0.29) is 11.3 Å². The Hall–Kier alpha value is -2.99. The average Bonchev–Trinajstić information content (AvgIpc) is 3.64. The molecule has 2 aromatic carbocycles. The van der Waals surface area contributed by atoms with Crippen molar-refractivity contribution in [1.29, 1.82) is 0 Å². The molecule has 4 heterocycles. The molecule has 1 unspecified atom stereocenters. The van der Waals surface area contributed by atoms with Crippen molar-refractivity contribution in [2.24, 2.45) is 12.5 Å². The molecular weight excluding hydrogens is 456 g/mol. The topological polar surface area (TPSA) is 51.8 Å². The van der Waals surface area contributed by atoms with Gasteiger partial charge in [-0.05, 0) is 78.8 Å². The maximum atomic E-state index is 4.80. The maximum Gasteiger partial charge on any atom is 0.123 e. The van der Waals surface area contributed by atoms with Gasteiger partial charge in [0.25, 0.3) is 0 Å². The number of fused-ring (bicyclic) bond motifs is 3. The number of aryl methyl sites for hydroxylation is 3. The van der Waals surface area contributed by atoms with Gasteiger partial charge in [0, 0.05) is 44.0 Å². The number of imidazole rings is 1. The predicted molar refractivity (Wildman–Crippen MR) is 149 cm³/mol. The van der Waals surface area contributed by atoms with Gasteiger partial charge in [0.15, 0.2) is 0 Å². The highest BCUT2D eigenvalue weighted by Gasteiger charge is 2.39. The Bertz CT molecular complexity index is 1420. The quantitative estimate of drug-likeness (QED) is 0.322. The van der Waals surface area contributed by atoms with Crippen molar-refractivity contribution >= 4 is 11.0 Å². The largest absolute Gasteiger partial charge is 0.329 e. The van der Waals surface area contributed by atoms with Crippen molar-refractivity contribution in [3.05, 3.63) is 76.4 Å². The molecule has 0 radical (unpaired) electrons. The summed E-state index contributed by atoms with van der Waals surface area (Å²) in [5, 5.41) is 8.76. The summed E-state index contributed by atoms with van der Waals surface area (Å²) in [7, 11) is 1.96. The lowest BCUT2D eigenvalue weighted by atomic mass is 9.71. The van der Waals surface area contributed by atoms with Crippen LogP contribution < -0.4 is 0 Å². The molecule has 194 valence electrons. The van der Waals surface area contributed by atoms with Crippen LogP contribution in [0.1, 0.15) is 86.0 Å². The minimum atomic E-state index is 0.0440. The van der Waals surface area contributed by atoms with Crippen molar-refractivity contribution in [2.45, 2.75) is 91.4 Å². The summed E-state index contributed by atoms with van der Waals surface area (Å²) >= 11 is 0. The van der Waals surface area contributed by atoms with E-state index in [1.807, 2.05) is 17.9 Å². The first-order valence-electron chi connectivity index (χ1n) is 13.8. The van der Waals surface area contributed by atoms with Gasteiger partial charge in [0.2, 0.25) is 0 Å². The zero-order valence-corrected chi connectivity index (χ0v) is 23.2. The Kier molecular flexibility index (Phi) is 5.98. The van der Waals surface area contributed by atoms with Crippen LogP contribution in [-0.2, 0) is 20.1 Å². The molecule has 6 heteroatoms. The van der Waals surface area contributed by atoms with Crippen LogP contribution in [0, 0.1) is 19.3 Å². The van der Waals surface area contributed by atoms with E-state index in [4.69, 9.17) is 4.98 Å². The summed E-state index contributed by atoms with van der Waals surface area (Å²) < 4.78 is 4.23. The highest BCUT2D eigenvalue weighted by atomic mass is 15.4. The fourth-order valence-corrected chi connectivity index (χ4v) is 7.01. The van der Waals surface area contributed by atoms with Gasteiger partial charge in [0.05, 0.1) is 12.1 Å². The summed E-state index contributed by atoms with van der Waals surface area (Å²) in [6.07, 6.45) is 9.58. The lowest BCUT2D eigenvalue weighted by Crippen LogP contribution is -2.29. The normalized spacial score (nSPS) is 20.8. The third kappa shape index (κ3) is 4.29. The van der Waals surface area contributed by atoms with Gasteiger partial charge in [0.1, 0.15) is 11.3 Å². The van der Waals surface area contributed by atoms with E-state index in [1.54, 1.807) is 0 Å². The molecule has 2 aliphatic heterocycles. The molecule has 2 aromatic heterocycles. The lowest BCUT2D eigenvalue weighted by molar-refractivity contribution is 0.234. The molecule has 0 N–H and O–H groups in total. The summed E-state index contributed by atoms with van der Waals surface area (Å²) in [5.74, 6) is 1.45. The number of rotatable bonds is 6. The summed E-state index contributed by atoms with van der Waals surface area (Å²) in [4.78, 5) is 7.51. The third-order valence-corrected chi connectivity index (χ3v) is 9.03. The molecule has 2 bridgehead atoms. The van der Waals surface area contributed by atoms with E-state index >= 15 is 0 Å². The van der Waals surface area contributed by atoms with Crippen LogP contribution in [0.2, 0.25) is 0 Å². The molecule has 2 saturated heterocycles. The fourth-order valence-electron chi connectivity index (χ4n) is 7.01. The van der Waals surface area contributed by atoms with Gasteiger partial charge in [-0.1, -0.05) is 50.3 Å². The van der Waals surface area contributed by atoms with Gasteiger partial charge in [-0.25, -0.2) is 9.67 Å². The molecule has 2 fully saturated rings. The molecule has 0 spiro atoms. The summed E-state index contributed by atoms with van der Waals surface area (Å²) in [6, 6.07) is 13.1. The van der Waals surface area contributed by atoms with Crippen LogP contribution in [0.3, 0.4) is 0 Å². The molecule has 37 heavy (non-hydrogen) atoms. The average molecular weight is 497 g/mol. The van der Waals surface area contributed by atoms with Gasteiger partial charge >= 0.3 is 0 Å². The summed E-state index contributed by atoms with van der Waals surface area (Å²) in [6.45, 7) is 13.3. The molecular formula is C31H40N6. The van der Waals surface area contributed by atoms with E-state index in [0.717, 1.165) is 36.2 Å². The zero-order chi connectivity index (χ0) is 25.9. The number of benzene rings is 2. The first-order chi connectivity index (χ1) is 17.7. The minimum absolute atomic E-state index is 0.0440. The third-order valence-electron chi connectivity index (χ3n) is 9.03. The van der Waals surface area contributed by atoms with Crippen molar-refractivity contribution in [3.63, 3.8) is 0 Å². The van der Waals surface area contributed by atoms with Crippen LogP contribution in [0.4, 0.5) is 0 Å². The Labute approximate surface area is 220 Å². The monoisotopic (exact) mass is 496 g/mol. The number of nitrogens with zero attached hydrogens (tertiary/aromatic N) is 6. The van der Waals surface area contributed by atoms with Gasteiger partial charge in [-0.2, -0.15) is 0 Å². The Balaban J connectivity index is 1.34. The molecule has 1 atom stereocenters. The maximum absolute atomic E-state index is 4.80. The molecule has 2 aliphatic rings. The van der Waals surface area contributed by atoms with E-state index < -0.39 is 0 Å². The molecule has 0 saturated carbocycles. The second kappa shape index (κ2) is 9.09. The fraction of sp³-hybridized carbons (Fsp3) is 0.516. The molecule has 4 aromatic rings. The molecule has 6 nitrogen and oxygen atoms in total. The van der Waals surface area contributed by atoms with Crippen LogP contribution in [0.25, 0.3) is 11.0 Å². The lowest BCUT2D eigenvalue weighted by Gasteiger charge is -2.33. The highest BCUT2D eigenvalue weighted by Crippen LogP contribution is 2.43. The Morgan fingerprint density at radius 1 is 0.973 bits per heavy atom. The van der Waals surface area contributed by atoms with E-state index in [0.29, 0.717) is 0 Å². The second-order valence-corrected chi connectivity index (χ2v) is 12.5. The predicted octanol–water partition coefficient (Wildman–Crippen LogP) is 6.13. The number of hydrogen-bond donors (Lipinski definition) is 0.